The third-order valence-electron chi connectivity index (χ3n) is 4.84. The molecule has 0 bridgehead atoms. The van der Waals surface area contributed by atoms with Crippen molar-refractivity contribution >= 4 is 11.7 Å². The van der Waals surface area contributed by atoms with Crippen LogP contribution in [0.4, 0.5) is 10.1 Å². The van der Waals surface area contributed by atoms with Gasteiger partial charge in [-0.3, -0.25) is 0 Å². The van der Waals surface area contributed by atoms with E-state index in [1.54, 1.807) is 6.07 Å². The van der Waals surface area contributed by atoms with Crippen molar-refractivity contribution in [3.8, 4) is 0 Å². The van der Waals surface area contributed by atoms with Crippen LogP contribution in [0.25, 0.3) is 0 Å². The first-order valence-corrected chi connectivity index (χ1v) is 7.43. The highest BCUT2D eigenvalue weighted by Gasteiger charge is 2.31. The van der Waals surface area contributed by atoms with Gasteiger partial charge in [-0.15, -0.1) is 0 Å². The van der Waals surface area contributed by atoms with Gasteiger partial charge in [0.15, 0.2) is 0 Å². The second-order valence-corrected chi connectivity index (χ2v) is 6.01. The molecule has 0 amide bonds. The fourth-order valence-electron chi connectivity index (χ4n) is 3.71. The molecule has 2 aliphatic rings. The Balaban J connectivity index is 1.76. The third kappa shape index (κ3) is 2.51. The number of hydrogen-bond donors (Lipinski definition) is 1. The molecule has 1 heterocycles. The molecule has 1 aliphatic carbocycles. The maximum atomic E-state index is 13.8. The van der Waals surface area contributed by atoms with Crippen LogP contribution in [0.5, 0.6) is 0 Å². The Morgan fingerprint density at radius 1 is 1.20 bits per heavy atom. The zero-order valence-electron chi connectivity index (χ0n) is 11.5. The Hall–Kier alpha value is -1.58. The highest BCUT2D eigenvalue weighted by atomic mass is 19.1. The summed E-state index contributed by atoms with van der Waals surface area (Å²) in [5, 5.41) is 8.87. The molecule has 0 spiro atoms. The standard InChI is InChI=1S/C16H20FNO2/c17-15-9-13(5-6-14(15)16(19)20)18-8-7-11-3-1-2-4-12(11)10-18/h5-6,9,11-12H,1-4,7-8,10H2,(H,19,20). The van der Waals surface area contributed by atoms with Crippen molar-refractivity contribution in [2.45, 2.75) is 32.1 Å². The maximum Gasteiger partial charge on any atom is 0.338 e. The Morgan fingerprint density at radius 3 is 2.65 bits per heavy atom. The molecular formula is C16H20FNO2. The van der Waals surface area contributed by atoms with Crippen molar-refractivity contribution in [3.05, 3.63) is 29.6 Å². The fraction of sp³-hybridized carbons (Fsp3) is 0.562. The van der Waals surface area contributed by atoms with Crippen LogP contribution >= 0.6 is 0 Å². The maximum absolute atomic E-state index is 13.8. The van der Waals surface area contributed by atoms with Gasteiger partial charge in [-0.1, -0.05) is 19.3 Å². The van der Waals surface area contributed by atoms with E-state index in [2.05, 4.69) is 4.90 Å². The number of anilines is 1. The summed E-state index contributed by atoms with van der Waals surface area (Å²) in [5.74, 6) is -0.288. The van der Waals surface area contributed by atoms with Gasteiger partial charge in [-0.05, 0) is 42.9 Å². The molecular weight excluding hydrogens is 257 g/mol. The lowest BCUT2D eigenvalue weighted by atomic mass is 9.75. The number of carboxylic acid groups (broad SMARTS) is 1. The SMILES string of the molecule is O=C(O)c1ccc(N2CCC3CCCCC3C2)cc1F. The molecule has 0 radical (unpaired) electrons. The molecule has 20 heavy (non-hydrogen) atoms. The Morgan fingerprint density at radius 2 is 1.95 bits per heavy atom. The molecule has 3 rings (SSSR count). The number of piperidine rings is 1. The normalized spacial score (nSPS) is 26.1. The molecule has 0 aromatic heterocycles. The number of aromatic carboxylic acids is 1. The Kier molecular flexibility index (Phi) is 3.64. The summed E-state index contributed by atoms with van der Waals surface area (Å²) in [6.07, 6.45) is 6.44. The smallest absolute Gasteiger partial charge is 0.338 e. The van der Waals surface area contributed by atoms with E-state index in [1.165, 1.54) is 44.2 Å². The summed E-state index contributed by atoms with van der Waals surface area (Å²) < 4.78 is 13.8. The fourth-order valence-corrected chi connectivity index (χ4v) is 3.71. The van der Waals surface area contributed by atoms with Gasteiger partial charge in [0.1, 0.15) is 5.82 Å². The Labute approximate surface area is 118 Å². The largest absolute Gasteiger partial charge is 0.478 e. The molecule has 1 aliphatic heterocycles. The molecule has 1 aromatic rings. The average Bonchev–Trinajstić information content (AvgIpc) is 2.46. The number of benzene rings is 1. The summed E-state index contributed by atoms with van der Waals surface area (Å²) in [5.41, 5.74) is 0.567. The van der Waals surface area contributed by atoms with Crippen molar-refractivity contribution in [1.82, 2.24) is 0 Å². The minimum atomic E-state index is -1.21. The summed E-state index contributed by atoms with van der Waals surface area (Å²) in [4.78, 5) is 13.1. The second kappa shape index (κ2) is 5.43. The van der Waals surface area contributed by atoms with Crippen LogP contribution in [0.15, 0.2) is 18.2 Å². The quantitative estimate of drug-likeness (QED) is 0.899. The highest BCUT2D eigenvalue weighted by Crippen LogP contribution is 2.37. The molecule has 3 nitrogen and oxygen atoms in total. The van der Waals surface area contributed by atoms with E-state index in [1.807, 2.05) is 0 Å². The first-order valence-electron chi connectivity index (χ1n) is 7.43. The number of carboxylic acids is 1. The number of fused-ring (bicyclic) bond motifs is 1. The summed E-state index contributed by atoms with van der Waals surface area (Å²) >= 11 is 0. The topological polar surface area (TPSA) is 40.5 Å². The number of carbonyl (C=O) groups is 1. The molecule has 1 saturated carbocycles. The van der Waals surface area contributed by atoms with E-state index in [0.29, 0.717) is 0 Å². The van der Waals surface area contributed by atoms with Crippen LogP contribution in [0, 0.1) is 17.7 Å². The first-order chi connectivity index (χ1) is 9.65. The van der Waals surface area contributed by atoms with E-state index >= 15 is 0 Å². The molecule has 1 saturated heterocycles. The molecule has 108 valence electrons. The van der Waals surface area contributed by atoms with Crippen molar-refractivity contribution < 1.29 is 14.3 Å². The van der Waals surface area contributed by atoms with E-state index in [-0.39, 0.29) is 5.56 Å². The van der Waals surface area contributed by atoms with Crippen molar-refractivity contribution in [3.63, 3.8) is 0 Å². The third-order valence-corrected chi connectivity index (χ3v) is 4.84. The van der Waals surface area contributed by atoms with Crippen molar-refractivity contribution in [2.24, 2.45) is 11.8 Å². The summed E-state index contributed by atoms with van der Waals surface area (Å²) in [6, 6.07) is 4.47. The zero-order valence-corrected chi connectivity index (χ0v) is 11.5. The van der Waals surface area contributed by atoms with Crippen LogP contribution in [-0.2, 0) is 0 Å². The van der Waals surface area contributed by atoms with Gasteiger partial charge in [-0.2, -0.15) is 0 Å². The summed E-state index contributed by atoms with van der Waals surface area (Å²) in [7, 11) is 0. The minimum Gasteiger partial charge on any atom is -0.478 e. The van der Waals surface area contributed by atoms with Crippen molar-refractivity contribution in [1.29, 1.82) is 0 Å². The Bertz CT molecular complexity index is 517. The lowest BCUT2D eigenvalue weighted by Gasteiger charge is -2.42. The number of halogens is 1. The zero-order chi connectivity index (χ0) is 14.1. The minimum absolute atomic E-state index is 0.249. The van der Waals surface area contributed by atoms with Crippen LogP contribution in [0.1, 0.15) is 42.5 Å². The number of rotatable bonds is 2. The van der Waals surface area contributed by atoms with Crippen LogP contribution < -0.4 is 4.90 Å². The van der Waals surface area contributed by atoms with E-state index in [9.17, 15) is 9.18 Å². The molecule has 1 N–H and O–H groups in total. The summed E-state index contributed by atoms with van der Waals surface area (Å²) in [6.45, 7) is 1.93. The lowest BCUT2D eigenvalue weighted by molar-refractivity contribution is 0.0692. The molecule has 2 fully saturated rings. The van der Waals surface area contributed by atoms with E-state index < -0.39 is 11.8 Å². The average molecular weight is 277 g/mol. The van der Waals surface area contributed by atoms with Crippen molar-refractivity contribution in [2.75, 3.05) is 18.0 Å². The molecule has 2 atom stereocenters. The van der Waals surface area contributed by atoms with Gasteiger partial charge in [0.2, 0.25) is 0 Å². The molecule has 1 aromatic carbocycles. The molecule has 4 heteroatoms. The predicted molar refractivity (Wildman–Crippen MR) is 75.6 cm³/mol. The van der Waals surface area contributed by atoms with Gasteiger partial charge >= 0.3 is 5.97 Å². The van der Waals surface area contributed by atoms with Crippen LogP contribution in [0.3, 0.4) is 0 Å². The van der Waals surface area contributed by atoms with E-state index in [4.69, 9.17) is 5.11 Å². The monoisotopic (exact) mass is 277 g/mol. The van der Waals surface area contributed by atoms with Crippen LogP contribution in [-0.4, -0.2) is 24.2 Å². The number of nitrogens with zero attached hydrogens (tertiary/aromatic N) is 1. The number of hydrogen-bond acceptors (Lipinski definition) is 2. The predicted octanol–water partition coefficient (Wildman–Crippen LogP) is 3.54. The van der Waals surface area contributed by atoms with Crippen LogP contribution in [0.2, 0.25) is 0 Å². The lowest BCUT2D eigenvalue weighted by Crippen LogP contribution is -2.41. The first kappa shape index (κ1) is 13.4. The second-order valence-electron chi connectivity index (χ2n) is 6.01. The van der Waals surface area contributed by atoms with Gasteiger partial charge < -0.3 is 10.0 Å². The van der Waals surface area contributed by atoms with Gasteiger partial charge in [0, 0.05) is 18.8 Å². The van der Waals surface area contributed by atoms with Gasteiger partial charge in [0.05, 0.1) is 5.56 Å². The van der Waals surface area contributed by atoms with Gasteiger partial charge in [-0.25, -0.2) is 9.18 Å². The highest BCUT2D eigenvalue weighted by molar-refractivity contribution is 5.88. The molecule has 2 unspecified atom stereocenters. The van der Waals surface area contributed by atoms with Gasteiger partial charge in [0.25, 0.3) is 0 Å². The van der Waals surface area contributed by atoms with E-state index in [0.717, 1.165) is 30.6 Å².